The zero-order valence-electron chi connectivity index (χ0n) is 11.3. The first-order valence-electron chi connectivity index (χ1n) is 6.46. The Morgan fingerprint density at radius 1 is 1.38 bits per heavy atom. The molecule has 1 aliphatic rings. The summed E-state index contributed by atoms with van der Waals surface area (Å²) >= 11 is 5.60. The van der Waals surface area contributed by atoms with Crippen LogP contribution in [0.2, 0.25) is 5.02 Å². The highest BCUT2D eigenvalue weighted by atomic mass is 35.5. The average Bonchev–Trinajstić information content (AvgIpc) is 2.39. The SMILES string of the molecule is NS(=O)(=O)CC1(COc2ccc(Cl)c(F)c2)CCOCC1. The minimum atomic E-state index is -3.63. The molecule has 8 heteroatoms. The molecule has 1 heterocycles. The van der Waals surface area contributed by atoms with Gasteiger partial charge < -0.3 is 9.47 Å². The van der Waals surface area contributed by atoms with Gasteiger partial charge >= 0.3 is 0 Å². The van der Waals surface area contributed by atoms with Crippen LogP contribution in [0.1, 0.15) is 12.8 Å². The molecule has 0 atom stereocenters. The van der Waals surface area contributed by atoms with E-state index >= 15 is 0 Å². The van der Waals surface area contributed by atoms with E-state index in [0.717, 1.165) is 0 Å². The molecule has 0 aromatic heterocycles. The van der Waals surface area contributed by atoms with Crippen molar-refractivity contribution in [2.45, 2.75) is 12.8 Å². The lowest BCUT2D eigenvalue weighted by Gasteiger charge is -2.36. The summed E-state index contributed by atoms with van der Waals surface area (Å²) in [7, 11) is -3.63. The van der Waals surface area contributed by atoms with Gasteiger partial charge in [0.15, 0.2) is 0 Å². The number of benzene rings is 1. The fraction of sp³-hybridized carbons (Fsp3) is 0.538. The summed E-state index contributed by atoms with van der Waals surface area (Å²) in [6.07, 6.45) is 1.05. The molecule has 1 aliphatic heterocycles. The van der Waals surface area contributed by atoms with Gasteiger partial charge in [-0.05, 0) is 25.0 Å². The summed E-state index contributed by atoms with van der Waals surface area (Å²) in [5, 5.41) is 5.17. The van der Waals surface area contributed by atoms with Crippen LogP contribution in [0.15, 0.2) is 18.2 Å². The van der Waals surface area contributed by atoms with Gasteiger partial charge in [-0.3, -0.25) is 0 Å². The second-order valence-corrected chi connectivity index (χ2v) is 7.31. The second-order valence-electron chi connectivity index (χ2n) is 5.28. The van der Waals surface area contributed by atoms with Crippen LogP contribution in [0.5, 0.6) is 5.75 Å². The van der Waals surface area contributed by atoms with Crippen LogP contribution in [0.4, 0.5) is 4.39 Å². The standard InChI is InChI=1S/C13H17ClFNO4S/c14-11-2-1-10(7-12(11)15)20-8-13(9-21(16,17)18)3-5-19-6-4-13/h1-2,7H,3-6,8-9H2,(H2,16,17,18). The highest BCUT2D eigenvalue weighted by Gasteiger charge is 2.37. The van der Waals surface area contributed by atoms with E-state index in [2.05, 4.69) is 0 Å². The van der Waals surface area contributed by atoms with Gasteiger partial charge in [0.25, 0.3) is 0 Å². The smallest absolute Gasteiger partial charge is 0.209 e. The van der Waals surface area contributed by atoms with Crippen molar-refractivity contribution in [3.05, 3.63) is 29.0 Å². The molecular formula is C13H17ClFNO4S. The molecule has 118 valence electrons. The van der Waals surface area contributed by atoms with E-state index < -0.39 is 21.3 Å². The van der Waals surface area contributed by atoms with Crippen molar-refractivity contribution in [1.82, 2.24) is 0 Å². The summed E-state index contributed by atoms with van der Waals surface area (Å²) in [5.74, 6) is -0.460. The molecule has 0 bridgehead atoms. The number of nitrogens with two attached hydrogens (primary N) is 1. The molecule has 0 saturated carbocycles. The lowest BCUT2D eigenvalue weighted by molar-refractivity contribution is 0.00204. The Hall–Kier alpha value is -0.890. The van der Waals surface area contributed by atoms with E-state index in [-0.39, 0.29) is 17.4 Å². The zero-order chi connectivity index (χ0) is 15.5. The maximum atomic E-state index is 13.4. The predicted octanol–water partition coefficient (Wildman–Crippen LogP) is 1.94. The third kappa shape index (κ3) is 4.81. The lowest BCUT2D eigenvalue weighted by atomic mass is 9.83. The van der Waals surface area contributed by atoms with Crippen molar-refractivity contribution in [2.75, 3.05) is 25.6 Å². The molecule has 0 aliphatic carbocycles. The molecule has 1 fully saturated rings. The summed E-state index contributed by atoms with van der Waals surface area (Å²) in [4.78, 5) is 0. The number of hydrogen-bond acceptors (Lipinski definition) is 4. The average molecular weight is 338 g/mol. The van der Waals surface area contributed by atoms with Crippen LogP contribution in [-0.2, 0) is 14.8 Å². The number of rotatable bonds is 5. The molecule has 21 heavy (non-hydrogen) atoms. The van der Waals surface area contributed by atoms with Crippen LogP contribution in [0, 0.1) is 11.2 Å². The van der Waals surface area contributed by atoms with Crippen LogP contribution < -0.4 is 9.88 Å². The molecular weight excluding hydrogens is 321 g/mol. The van der Waals surface area contributed by atoms with Crippen molar-refractivity contribution < 1.29 is 22.3 Å². The first kappa shape index (κ1) is 16.5. The second kappa shape index (κ2) is 6.48. The first-order chi connectivity index (χ1) is 9.80. The van der Waals surface area contributed by atoms with Crippen molar-refractivity contribution in [2.24, 2.45) is 10.6 Å². The number of ether oxygens (including phenoxy) is 2. The molecule has 2 N–H and O–H groups in total. The topological polar surface area (TPSA) is 78.6 Å². The number of halogens is 2. The fourth-order valence-corrected chi connectivity index (χ4v) is 3.71. The summed E-state index contributed by atoms with van der Waals surface area (Å²) in [5.41, 5.74) is -0.609. The lowest BCUT2D eigenvalue weighted by Crippen LogP contribution is -2.42. The van der Waals surface area contributed by atoms with Crippen molar-refractivity contribution in [3.63, 3.8) is 0 Å². The fourth-order valence-electron chi connectivity index (χ4n) is 2.36. The summed E-state index contributed by atoms with van der Waals surface area (Å²) in [6.45, 7) is 1.04. The monoisotopic (exact) mass is 337 g/mol. The highest BCUT2D eigenvalue weighted by Crippen LogP contribution is 2.33. The van der Waals surface area contributed by atoms with Crippen LogP contribution in [0.25, 0.3) is 0 Å². The van der Waals surface area contributed by atoms with E-state index in [4.69, 9.17) is 26.2 Å². The van der Waals surface area contributed by atoms with E-state index in [1.807, 2.05) is 0 Å². The maximum Gasteiger partial charge on any atom is 0.209 e. The number of sulfonamides is 1. The predicted molar refractivity (Wildman–Crippen MR) is 77.4 cm³/mol. The Morgan fingerprint density at radius 3 is 2.62 bits per heavy atom. The normalized spacial score (nSPS) is 18.4. The maximum absolute atomic E-state index is 13.4. The molecule has 0 spiro atoms. The Bertz CT molecular complexity index is 602. The third-order valence-corrected chi connectivity index (χ3v) is 4.82. The molecule has 0 radical (unpaired) electrons. The summed E-state index contributed by atoms with van der Waals surface area (Å²) in [6, 6.07) is 4.10. The van der Waals surface area contributed by atoms with Crippen LogP contribution in [0.3, 0.4) is 0 Å². The molecule has 0 amide bonds. The third-order valence-electron chi connectivity index (χ3n) is 3.50. The molecule has 5 nitrogen and oxygen atoms in total. The van der Waals surface area contributed by atoms with Crippen molar-refractivity contribution in [3.8, 4) is 5.75 Å². The van der Waals surface area contributed by atoms with E-state index in [9.17, 15) is 12.8 Å². The van der Waals surface area contributed by atoms with E-state index in [1.54, 1.807) is 0 Å². The Morgan fingerprint density at radius 2 is 2.05 bits per heavy atom. The van der Waals surface area contributed by atoms with E-state index in [1.165, 1.54) is 18.2 Å². The molecule has 1 aromatic carbocycles. The first-order valence-corrected chi connectivity index (χ1v) is 8.55. The van der Waals surface area contributed by atoms with Gasteiger partial charge in [-0.15, -0.1) is 0 Å². The molecule has 1 saturated heterocycles. The van der Waals surface area contributed by atoms with E-state index in [0.29, 0.717) is 31.8 Å². The highest BCUT2D eigenvalue weighted by molar-refractivity contribution is 7.89. The van der Waals surface area contributed by atoms with Gasteiger partial charge in [0.2, 0.25) is 10.0 Å². The number of primary sulfonamides is 1. The van der Waals surface area contributed by atoms with Gasteiger partial charge in [-0.2, -0.15) is 0 Å². The van der Waals surface area contributed by atoms with Crippen LogP contribution >= 0.6 is 11.6 Å². The largest absolute Gasteiger partial charge is 0.493 e. The molecule has 1 aromatic rings. The minimum absolute atomic E-state index is 0.00710. The quantitative estimate of drug-likeness (QED) is 0.890. The Labute approximate surface area is 128 Å². The summed E-state index contributed by atoms with van der Waals surface area (Å²) < 4.78 is 47.0. The van der Waals surface area contributed by atoms with Gasteiger partial charge in [0.05, 0.1) is 17.4 Å². The zero-order valence-corrected chi connectivity index (χ0v) is 12.9. The van der Waals surface area contributed by atoms with Gasteiger partial charge in [0, 0.05) is 24.7 Å². The minimum Gasteiger partial charge on any atom is -0.493 e. The van der Waals surface area contributed by atoms with Gasteiger partial charge in [0.1, 0.15) is 11.6 Å². The number of hydrogen-bond donors (Lipinski definition) is 1. The van der Waals surface area contributed by atoms with Crippen molar-refractivity contribution >= 4 is 21.6 Å². The Balaban J connectivity index is 2.10. The molecule has 0 unspecified atom stereocenters. The Kier molecular flexibility index (Phi) is 5.08. The van der Waals surface area contributed by atoms with Crippen molar-refractivity contribution in [1.29, 1.82) is 0 Å². The molecule has 2 rings (SSSR count). The van der Waals surface area contributed by atoms with Gasteiger partial charge in [-0.25, -0.2) is 17.9 Å². The van der Waals surface area contributed by atoms with Gasteiger partial charge in [-0.1, -0.05) is 11.6 Å². The van der Waals surface area contributed by atoms with Crippen LogP contribution in [-0.4, -0.2) is 34.0 Å².